The SMILES string of the molecule is COc1ccc(C(=O)N(N)c2cccc(C(F)(F)F)c2)c(Br)c1. The highest BCUT2D eigenvalue weighted by Crippen LogP contribution is 2.32. The average molecular weight is 389 g/mol. The third-order valence-electron chi connectivity index (χ3n) is 3.08. The van der Waals surface area contributed by atoms with E-state index in [-0.39, 0.29) is 11.3 Å². The molecule has 0 atom stereocenters. The maximum atomic E-state index is 12.7. The van der Waals surface area contributed by atoms with Crippen LogP contribution in [0.5, 0.6) is 5.75 Å². The van der Waals surface area contributed by atoms with Gasteiger partial charge in [-0.2, -0.15) is 13.2 Å². The second-order valence-corrected chi connectivity index (χ2v) is 5.42. The van der Waals surface area contributed by atoms with E-state index >= 15 is 0 Å². The van der Waals surface area contributed by atoms with Gasteiger partial charge in [-0.05, 0) is 52.3 Å². The van der Waals surface area contributed by atoms with Gasteiger partial charge in [-0.3, -0.25) is 4.79 Å². The van der Waals surface area contributed by atoms with Gasteiger partial charge < -0.3 is 4.74 Å². The van der Waals surface area contributed by atoms with Crippen LogP contribution < -0.4 is 15.6 Å². The van der Waals surface area contributed by atoms with Gasteiger partial charge in [-0.1, -0.05) is 6.07 Å². The van der Waals surface area contributed by atoms with E-state index in [0.29, 0.717) is 15.2 Å². The number of amides is 1. The molecule has 4 nitrogen and oxygen atoms in total. The number of halogens is 4. The first kappa shape index (κ1) is 17.3. The molecule has 0 radical (unpaired) electrons. The molecule has 0 saturated heterocycles. The molecule has 1 amide bonds. The van der Waals surface area contributed by atoms with Gasteiger partial charge in [0.05, 0.1) is 23.9 Å². The molecule has 0 aliphatic carbocycles. The molecular formula is C15H12BrF3N2O2. The number of nitrogens with zero attached hydrogens (tertiary/aromatic N) is 1. The first-order valence-corrected chi connectivity index (χ1v) is 7.13. The highest BCUT2D eigenvalue weighted by molar-refractivity contribution is 9.10. The Balaban J connectivity index is 2.33. The number of carbonyl (C=O) groups excluding carboxylic acids is 1. The number of benzene rings is 2. The fourth-order valence-electron chi connectivity index (χ4n) is 1.88. The monoisotopic (exact) mass is 388 g/mol. The molecule has 0 spiro atoms. The molecule has 0 aliphatic heterocycles. The number of carbonyl (C=O) groups is 1. The van der Waals surface area contributed by atoms with E-state index < -0.39 is 17.6 Å². The van der Waals surface area contributed by atoms with Gasteiger partial charge in [0, 0.05) is 4.47 Å². The lowest BCUT2D eigenvalue weighted by atomic mass is 10.1. The van der Waals surface area contributed by atoms with E-state index in [1.54, 1.807) is 12.1 Å². The minimum Gasteiger partial charge on any atom is -0.497 e. The fourth-order valence-corrected chi connectivity index (χ4v) is 2.40. The van der Waals surface area contributed by atoms with Crippen LogP contribution in [0.4, 0.5) is 18.9 Å². The molecule has 122 valence electrons. The summed E-state index contributed by atoms with van der Waals surface area (Å²) in [6, 6.07) is 8.82. The first-order valence-electron chi connectivity index (χ1n) is 6.34. The standard InChI is InChI=1S/C15H12BrF3N2O2/c1-23-11-5-6-12(13(16)8-11)14(22)21(20)10-4-2-3-9(7-10)15(17,18)19/h2-8H,20H2,1H3. The summed E-state index contributed by atoms with van der Waals surface area (Å²) in [6.07, 6.45) is -4.51. The molecule has 2 aromatic rings. The van der Waals surface area contributed by atoms with Crippen molar-refractivity contribution in [3.05, 3.63) is 58.1 Å². The van der Waals surface area contributed by atoms with E-state index in [2.05, 4.69) is 15.9 Å². The number of hydrogen-bond acceptors (Lipinski definition) is 3. The zero-order valence-corrected chi connectivity index (χ0v) is 13.5. The Bertz CT molecular complexity index is 735. The average Bonchev–Trinajstić information content (AvgIpc) is 2.52. The van der Waals surface area contributed by atoms with Crippen molar-refractivity contribution in [2.45, 2.75) is 6.18 Å². The molecular weight excluding hydrogens is 377 g/mol. The van der Waals surface area contributed by atoms with Crippen LogP contribution in [0.25, 0.3) is 0 Å². The number of rotatable bonds is 3. The third-order valence-corrected chi connectivity index (χ3v) is 3.73. The predicted octanol–water partition coefficient (Wildman–Crippen LogP) is 4.00. The quantitative estimate of drug-likeness (QED) is 0.491. The maximum absolute atomic E-state index is 12.7. The molecule has 0 aliphatic rings. The molecule has 0 saturated carbocycles. The number of anilines is 1. The number of hydrogen-bond donors (Lipinski definition) is 1. The molecule has 0 heterocycles. The maximum Gasteiger partial charge on any atom is 0.416 e. The van der Waals surface area contributed by atoms with E-state index in [4.69, 9.17) is 10.6 Å². The summed E-state index contributed by atoms with van der Waals surface area (Å²) < 4.78 is 43.6. The summed E-state index contributed by atoms with van der Waals surface area (Å²) in [5.74, 6) is 5.56. The normalized spacial score (nSPS) is 11.2. The van der Waals surface area contributed by atoms with Crippen molar-refractivity contribution >= 4 is 27.5 Å². The first-order chi connectivity index (χ1) is 10.7. The minimum atomic E-state index is -4.51. The summed E-state index contributed by atoms with van der Waals surface area (Å²) in [4.78, 5) is 12.4. The van der Waals surface area contributed by atoms with Crippen LogP contribution in [0.2, 0.25) is 0 Å². The van der Waals surface area contributed by atoms with Crippen molar-refractivity contribution in [2.75, 3.05) is 12.1 Å². The number of hydrazine groups is 1. The lowest BCUT2D eigenvalue weighted by molar-refractivity contribution is -0.137. The Labute approximate surface area is 138 Å². The minimum absolute atomic E-state index is 0.0625. The highest BCUT2D eigenvalue weighted by atomic mass is 79.9. The molecule has 0 unspecified atom stereocenters. The van der Waals surface area contributed by atoms with Crippen LogP contribution in [-0.2, 0) is 6.18 Å². The summed E-state index contributed by atoms with van der Waals surface area (Å²) in [5, 5.41) is 0.668. The second kappa shape index (κ2) is 6.59. The lowest BCUT2D eigenvalue weighted by Crippen LogP contribution is -2.37. The number of methoxy groups -OCH3 is 1. The smallest absolute Gasteiger partial charge is 0.416 e. The molecule has 2 N–H and O–H groups in total. The van der Waals surface area contributed by atoms with E-state index in [1.807, 2.05) is 0 Å². The van der Waals surface area contributed by atoms with Crippen molar-refractivity contribution in [1.29, 1.82) is 0 Å². The Morgan fingerprint density at radius 1 is 1.22 bits per heavy atom. The van der Waals surface area contributed by atoms with E-state index in [1.165, 1.54) is 25.3 Å². The number of ether oxygens (including phenoxy) is 1. The Morgan fingerprint density at radius 2 is 1.91 bits per heavy atom. The van der Waals surface area contributed by atoms with Crippen LogP contribution in [0, 0.1) is 0 Å². The van der Waals surface area contributed by atoms with E-state index in [0.717, 1.165) is 12.1 Å². The Kier molecular flexibility index (Phi) is 4.96. The van der Waals surface area contributed by atoms with Crippen molar-refractivity contribution < 1.29 is 22.7 Å². The fraction of sp³-hybridized carbons (Fsp3) is 0.133. The molecule has 2 aromatic carbocycles. The van der Waals surface area contributed by atoms with Gasteiger partial charge in [0.1, 0.15) is 5.75 Å². The number of alkyl halides is 3. The summed E-state index contributed by atoms with van der Waals surface area (Å²) in [6.45, 7) is 0. The van der Waals surface area contributed by atoms with Gasteiger partial charge in [-0.15, -0.1) is 0 Å². The predicted molar refractivity (Wildman–Crippen MR) is 83.1 cm³/mol. The molecule has 2 rings (SSSR count). The van der Waals surface area contributed by atoms with Crippen molar-refractivity contribution in [3.63, 3.8) is 0 Å². The van der Waals surface area contributed by atoms with Crippen LogP contribution in [0.1, 0.15) is 15.9 Å². The summed E-state index contributed by atoms with van der Waals surface area (Å²) >= 11 is 3.21. The highest BCUT2D eigenvalue weighted by Gasteiger charge is 2.31. The summed E-state index contributed by atoms with van der Waals surface area (Å²) in [5.41, 5.74) is -0.745. The van der Waals surface area contributed by atoms with E-state index in [9.17, 15) is 18.0 Å². The molecule has 0 bridgehead atoms. The lowest BCUT2D eigenvalue weighted by Gasteiger charge is -2.19. The Hall–Kier alpha value is -2.06. The molecule has 0 fully saturated rings. The Morgan fingerprint density at radius 3 is 2.48 bits per heavy atom. The van der Waals surface area contributed by atoms with Crippen molar-refractivity contribution in [2.24, 2.45) is 5.84 Å². The van der Waals surface area contributed by atoms with Crippen LogP contribution in [0.15, 0.2) is 46.9 Å². The zero-order chi connectivity index (χ0) is 17.2. The molecule has 23 heavy (non-hydrogen) atoms. The van der Waals surface area contributed by atoms with Crippen LogP contribution in [-0.4, -0.2) is 13.0 Å². The summed E-state index contributed by atoms with van der Waals surface area (Å²) in [7, 11) is 1.47. The van der Waals surface area contributed by atoms with Crippen molar-refractivity contribution in [1.82, 2.24) is 0 Å². The van der Waals surface area contributed by atoms with Gasteiger partial charge in [-0.25, -0.2) is 10.9 Å². The van der Waals surface area contributed by atoms with Gasteiger partial charge in [0.25, 0.3) is 5.91 Å². The van der Waals surface area contributed by atoms with Gasteiger partial charge >= 0.3 is 6.18 Å². The molecule has 8 heteroatoms. The largest absolute Gasteiger partial charge is 0.497 e. The van der Waals surface area contributed by atoms with Crippen LogP contribution in [0.3, 0.4) is 0 Å². The third kappa shape index (κ3) is 3.83. The topological polar surface area (TPSA) is 55.6 Å². The molecule has 0 aromatic heterocycles. The number of nitrogens with two attached hydrogens (primary N) is 1. The zero-order valence-electron chi connectivity index (χ0n) is 11.9. The van der Waals surface area contributed by atoms with Crippen LogP contribution >= 0.6 is 15.9 Å². The van der Waals surface area contributed by atoms with Gasteiger partial charge in [0.2, 0.25) is 0 Å². The van der Waals surface area contributed by atoms with Crippen molar-refractivity contribution in [3.8, 4) is 5.75 Å². The van der Waals surface area contributed by atoms with Gasteiger partial charge in [0.15, 0.2) is 0 Å². The second-order valence-electron chi connectivity index (χ2n) is 4.57.